The predicted octanol–water partition coefficient (Wildman–Crippen LogP) is 3.63. The van der Waals surface area contributed by atoms with E-state index in [2.05, 4.69) is 53.3 Å². The van der Waals surface area contributed by atoms with Gasteiger partial charge in [0.2, 0.25) is 5.95 Å². The van der Waals surface area contributed by atoms with Crippen LogP contribution in [0.15, 0.2) is 67.1 Å². The average molecular weight is 624 g/mol. The summed E-state index contributed by atoms with van der Waals surface area (Å²) in [4.78, 5) is 35.0. The van der Waals surface area contributed by atoms with E-state index in [1.807, 2.05) is 12.1 Å². The highest BCUT2D eigenvalue weighted by Crippen LogP contribution is 2.29. The van der Waals surface area contributed by atoms with Gasteiger partial charge in [0, 0.05) is 62.3 Å². The van der Waals surface area contributed by atoms with Crippen molar-refractivity contribution < 1.29 is 18.7 Å². The topological polar surface area (TPSA) is 136 Å². The van der Waals surface area contributed by atoms with Gasteiger partial charge >= 0.3 is 0 Å². The number of carbonyl (C=O) groups excluding carboxylic acids is 1. The van der Waals surface area contributed by atoms with Gasteiger partial charge in [0.25, 0.3) is 5.91 Å². The fourth-order valence-corrected chi connectivity index (χ4v) is 6.02. The molecular weight excluding hydrogens is 589 g/mol. The smallest absolute Gasteiger partial charge is 0.270 e. The maximum atomic E-state index is 15.1. The number of halogens is 1. The summed E-state index contributed by atoms with van der Waals surface area (Å²) in [7, 11) is 0. The van der Waals surface area contributed by atoms with Gasteiger partial charge in [0.1, 0.15) is 29.9 Å². The number of aromatic amines is 1. The number of hydrogen-bond donors (Lipinski definition) is 2. The molecule has 13 heteroatoms. The van der Waals surface area contributed by atoms with Gasteiger partial charge < -0.3 is 29.6 Å². The van der Waals surface area contributed by atoms with E-state index in [0.29, 0.717) is 42.0 Å². The maximum absolute atomic E-state index is 15.1. The van der Waals surface area contributed by atoms with E-state index in [-0.39, 0.29) is 23.8 Å². The minimum Gasteiger partial charge on any atom is -0.486 e. The first-order valence-electron chi connectivity index (χ1n) is 15.4. The second kappa shape index (κ2) is 13.1. The molecule has 0 saturated carbocycles. The van der Waals surface area contributed by atoms with Crippen molar-refractivity contribution in [3.8, 4) is 23.2 Å². The normalized spacial score (nSPS) is 20.5. The summed E-state index contributed by atoms with van der Waals surface area (Å²) in [5.41, 5.74) is 3.27. The molecule has 2 aromatic heterocycles. The number of amides is 1. The minimum atomic E-state index is -1.40. The highest BCUT2D eigenvalue weighted by Gasteiger charge is 2.34. The van der Waals surface area contributed by atoms with Gasteiger partial charge in [-0.05, 0) is 54.6 Å². The van der Waals surface area contributed by atoms with Crippen molar-refractivity contribution in [1.29, 1.82) is 5.26 Å². The van der Waals surface area contributed by atoms with Crippen molar-refractivity contribution in [1.82, 2.24) is 29.7 Å². The van der Waals surface area contributed by atoms with Crippen LogP contribution < -0.4 is 15.0 Å². The fourth-order valence-electron chi connectivity index (χ4n) is 6.02. The number of carbonyl (C=O) groups is 1. The molecule has 46 heavy (non-hydrogen) atoms. The monoisotopic (exact) mass is 623 g/mol. The number of aromatic nitrogens is 4. The lowest BCUT2D eigenvalue weighted by molar-refractivity contribution is -0.0660. The largest absolute Gasteiger partial charge is 0.486 e. The molecule has 3 saturated heterocycles. The van der Waals surface area contributed by atoms with Crippen molar-refractivity contribution in [2.45, 2.75) is 24.7 Å². The van der Waals surface area contributed by atoms with Crippen molar-refractivity contribution in [3.05, 3.63) is 78.4 Å². The van der Waals surface area contributed by atoms with E-state index in [1.165, 1.54) is 16.9 Å². The number of hydrogen-bond acceptors (Lipinski definition) is 10. The summed E-state index contributed by atoms with van der Waals surface area (Å²) in [6, 6.07) is 19.3. The second-order valence-corrected chi connectivity index (χ2v) is 11.6. The van der Waals surface area contributed by atoms with Crippen LogP contribution in [-0.2, 0) is 4.74 Å². The molecule has 2 atom stereocenters. The molecule has 0 radical (unpaired) electrons. The molecule has 2 aromatic carbocycles. The van der Waals surface area contributed by atoms with Crippen LogP contribution in [0.2, 0.25) is 0 Å². The van der Waals surface area contributed by atoms with E-state index in [1.54, 1.807) is 36.5 Å². The van der Waals surface area contributed by atoms with Crippen LogP contribution in [0.1, 0.15) is 22.5 Å². The first-order valence-corrected chi connectivity index (χ1v) is 15.4. The molecule has 3 fully saturated rings. The number of nitriles is 1. The molecular formula is C33H34FN9O3. The highest BCUT2D eigenvalue weighted by atomic mass is 19.1. The van der Waals surface area contributed by atoms with Crippen LogP contribution in [0.25, 0.3) is 11.4 Å². The first kappa shape index (κ1) is 29.6. The van der Waals surface area contributed by atoms with Gasteiger partial charge in [-0.1, -0.05) is 0 Å². The van der Waals surface area contributed by atoms with Crippen LogP contribution in [0, 0.1) is 11.3 Å². The number of H-pyrrole nitrogens is 1. The lowest BCUT2D eigenvalue weighted by atomic mass is 10.0. The SMILES string of the molecule is N#Cc1cc(-c2ncnc(Nc3ccc(N4CCN(C5COC5)CC4)cc3)n2)ccc1O[C@H]1CCN(C(=O)c2ccc[nH]2)C[C@@H]1F. The number of benzene rings is 2. The van der Waals surface area contributed by atoms with Crippen molar-refractivity contribution in [2.75, 3.05) is 62.7 Å². The summed E-state index contributed by atoms with van der Waals surface area (Å²) in [5.74, 6) is 0.773. The molecule has 0 bridgehead atoms. The minimum absolute atomic E-state index is 0.0839. The number of nitrogens with one attached hydrogen (secondary N) is 2. The number of rotatable bonds is 8. The number of anilines is 3. The standard InChI is InChI=1S/C33H34FN9O3/c34-27-18-43(32(44)28-2-1-10-36-28)11-9-30(27)46-29-8-3-22(16-23(29)17-35)31-37-21-38-33(40-31)39-24-4-6-25(7-5-24)41-12-14-42(15-13-41)26-19-45-20-26/h1-8,10,16,21,26-27,30,36H,9,11-15,18-20H2,(H,37,38,39,40)/t27-,30-/m0/s1. The average Bonchev–Trinajstić information content (AvgIpc) is 3.61. The predicted molar refractivity (Wildman–Crippen MR) is 169 cm³/mol. The Labute approximate surface area is 265 Å². The summed E-state index contributed by atoms with van der Waals surface area (Å²) in [6.07, 6.45) is 1.19. The fraction of sp³-hybridized carbons (Fsp3) is 0.364. The van der Waals surface area contributed by atoms with Crippen molar-refractivity contribution in [2.24, 2.45) is 0 Å². The third-order valence-corrected chi connectivity index (χ3v) is 8.75. The van der Waals surface area contributed by atoms with Gasteiger partial charge in [-0.15, -0.1) is 0 Å². The van der Waals surface area contributed by atoms with E-state index in [4.69, 9.17) is 9.47 Å². The Bertz CT molecular complexity index is 1700. The van der Waals surface area contributed by atoms with Crippen LogP contribution in [-0.4, -0.2) is 106 Å². The van der Waals surface area contributed by atoms with Crippen molar-refractivity contribution >= 4 is 23.2 Å². The molecule has 4 aromatic rings. The second-order valence-electron chi connectivity index (χ2n) is 11.6. The molecule has 3 aliphatic heterocycles. The summed E-state index contributed by atoms with van der Waals surface area (Å²) >= 11 is 0. The zero-order valence-corrected chi connectivity index (χ0v) is 25.2. The Morgan fingerprint density at radius 1 is 1.07 bits per heavy atom. The summed E-state index contributed by atoms with van der Waals surface area (Å²) in [6.45, 7) is 6.00. The van der Waals surface area contributed by atoms with Gasteiger partial charge in [0.05, 0.1) is 31.4 Å². The number of likely N-dealkylation sites (tertiary alicyclic amines) is 1. The van der Waals surface area contributed by atoms with Crippen molar-refractivity contribution in [3.63, 3.8) is 0 Å². The molecule has 12 nitrogen and oxygen atoms in total. The van der Waals surface area contributed by atoms with E-state index >= 15 is 4.39 Å². The number of piperidine rings is 1. The van der Waals surface area contributed by atoms with Crippen LogP contribution in [0.5, 0.6) is 5.75 Å². The molecule has 2 N–H and O–H groups in total. The van der Waals surface area contributed by atoms with Gasteiger partial charge in [0.15, 0.2) is 12.0 Å². The Morgan fingerprint density at radius 3 is 2.59 bits per heavy atom. The third kappa shape index (κ3) is 6.35. The van der Waals surface area contributed by atoms with E-state index < -0.39 is 12.3 Å². The molecule has 0 unspecified atom stereocenters. The quantitative estimate of drug-likeness (QED) is 0.300. The zero-order chi connectivity index (χ0) is 31.5. The van der Waals surface area contributed by atoms with Gasteiger partial charge in [-0.2, -0.15) is 10.2 Å². The zero-order valence-electron chi connectivity index (χ0n) is 25.2. The molecule has 0 aliphatic carbocycles. The number of nitrogens with zero attached hydrogens (tertiary/aromatic N) is 7. The molecule has 5 heterocycles. The number of ether oxygens (including phenoxy) is 2. The van der Waals surface area contributed by atoms with Crippen LogP contribution in [0.3, 0.4) is 0 Å². The Morgan fingerprint density at radius 2 is 1.89 bits per heavy atom. The van der Waals surface area contributed by atoms with Crippen LogP contribution >= 0.6 is 0 Å². The third-order valence-electron chi connectivity index (χ3n) is 8.75. The number of alkyl halides is 1. The lowest BCUT2D eigenvalue weighted by Gasteiger charge is -2.43. The molecule has 7 rings (SSSR count). The van der Waals surface area contributed by atoms with E-state index in [9.17, 15) is 10.1 Å². The molecule has 1 amide bonds. The Hall–Kier alpha value is -5.06. The maximum Gasteiger partial charge on any atom is 0.270 e. The molecule has 3 aliphatic rings. The van der Waals surface area contributed by atoms with Gasteiger partial charge in [-0.25, -0.2) is 14.4 Å². The Balaban J connectivity index is 0.968. The highest BCUT2D eigenvalue weighted by molar-refractivity contribution is 5.92. The van der Waals surface area contributed by atoms with Gasteiger partial charge in [-0.3, -0.25) is 9.69 Å². The lowest BCUT2D eigenvalue weighted by Crippen LogP contribution is -2.56. The molecule has 0 spiro atoms. The molecule has 236 valence electrons. The van der Waals surface area contributed by atoms with E-state index in [0.717, 1.165) is 45.1 Å². The number of piperazine rings is 1. The Kier molecular flexibility index (Phi) is 8.45. The van der Waals surface area contributed by atoms with Crippen LogP contribution in [0.4, 0.5) is 21.7 Å². The first-order chi connectivity index (χ1) is 22.5. The summed E-state index contributed by atoms with van der Waals surface area (Å²) < 4.78 is 26.4. The summed E-state index contributed by atoms with van der Waals surface area (Å²) in [5, 5.41) is 13.1.